The van der Waals surface area contributed by atoms with Crippen LogP contribution < -0.4 is 5.32 Å². The first-order valence-corrected chi connectivity index (χ1v) is 7.01. The maximum absolute atomic E-state index is 9.75. The second kappa shape index (κ2) is 6.17. The number of nitrogens with zero attached hydrogens (tertiary/aromatic N) is 1. The fraction of sp³-hybridized carbons (Fsp3) is 1.00. The van der Waals surface area contributed by atoms with Gasteiger partial charge in [0.2, 0.25) is 0 Å². The molecular weight excluding hydrogens is 212 g/mol. The fourth-order valence-electron chi connectivity index (χ4n) is 3.03. The van der Waals surface area contributed by atoms with Crippen LogP contribution in [0.25, 0.3) is 0 Å². The monoisotopic (exact) mass is 242 g/mol. The highest BCUT2D eigenvalue weighted by molar-refractivity contribution is 4.97. The van der Waals surface area contributed by atoms with Gasteiger partial charge in [0.1, 0.15) is 0 Å². The summed E-state index contributed by atoms with van der Waals surface area (Å²) in [6, 6.07) is 1.61. The van der Waals surface area contributed by atoms with E-state index in [1.165, 1.54) is 12.8 Å². The normalized spacial score (nSPS) is 30.5. The van der Waals surface area contributed by atoms with Crippen molar-refractivity contribution in [2.45, 2.75) is 77.0 Å². The molecule has 1 rings (SSSR count). The molecule has 102 valence electrons. The first-order chi connectivity index (χ1) is 7.90. The Kier molecular flexibility index (Phi) is 5.42. The molecule has 0 aromatic rings. The van der Waals surface area contributed by atoms with Crippen LogP contribution >= 0.6 is 0 Å². The third-order valence-electron chi connectivity index (χ3n) is 4.11. The van der Waals surface area contributed by atoms with E-state index in [1.54, 1.807) is 0 Å². The molecule has 0 aliphatic heterocycles. The molecule has 3 heteroatoms. The quantitative estimate of drug-likeness (QED) is 0.774. The number of nitrogens with one attached hydrogen (secondary N) is 1. The van der Waals surface area contributed by atoms with Gasteiger partial charge in [0, 0.05) is 23.7 Å². The molecule has 0 amide bonds. The van der Waals surface area contributed by atoms with Crippen molar-refractivity contribution < 1.29 is 5.11 Å². The molecule has 17 heavy (non-hydrogen) atoms. The van der Waals surface area contributed by atoms with Crippen LogP contribution in [-0.2, 0) is 0 Å². The van der Waals surface area contributed by atoms with Crippen LogP contribution in [0.2, 0.25) is 0 Å². The van der Waals surface area contributed by atoms with E-state index in [9.17, 15) is 5.11 Å². The van der Waals surface area contributed by atoms with E-state index in [0.29, 0.717) is 18.1 Å². The summed E-state index contributed by atoms with van der Waals surface area (Å²) >= 11 is 0. The molecule has 2 unspecified atom stereocenters. The van der Waals surface area contributed by atoms with Crippen molar-refractivity contribution in [2.24, 2.45) is 0 Å². The number of rotatable bonds is 5. The summed E-state index contributed by atoms with van der Waals surface area (Å²) in [6.45, 7) is 9.06. The van der Waals surface area contributed by atoms with Gasteiger partial charge in [0.05, 0.1) is 6.61 Å². The van der Waals surface area contributed by atoms with E-state index < -0.39 is 0 Å². The van der Waals surface area contributed by atoms with E-state index in [0.717, 1.165) is 12.8 Å². The Morgan fingerprint density at radius 3 is 2.47 bits per heavy atom. The Morgan fingerprint density at radius 1 is 1.35 bits per heavy atom. The Hall–Kier alpha value is -0.120. The molecule has 1 aliphatic rings. The van der Waals surface area contributed by atoms with Crippen molar-refractivity contribution in [1.82, 2.24) is 10.2 Å². The van der Waals surface area contributed by atoms with Gasteiger partial charge in [-0.25, -0.2) is 0 Å². The summed E-state index contributed by atoms with van der Waals surface area (Å²) < 4.78 is 0. The molecule has 2 N–H and O–H groups in total. The van der Waals surface area contributed by atoms with Gasteiger partial charge in [-0.1, -0.05) is 13.8 Å². The molecule has 0 heterocycles. The Labute approximate surface area is 107 Å². The minimum absolute atomic E-state index is 0.0553. The predicted molar refractivity (Wildman–Crippen MR) is 73.2 cm³/mol. The van der Waals surface area contributed by atoms with Crippen molar-refractivity contribution in [3.05, 3.63) is 0 Å². The molecule has 2 atom stereocenters. The van der Waals surface area contributed by atoms with Crippen molar-refractivity contribution in [3.8, 4) is 0 Å². The molecule has 0 saturated heterocycles. The van der Waals surface area contributed by atoms with Crippen LogP contribution in [0.5, 0.6) is 0 Å². The smallest absolute Gasteiger partial charge is 0.0613 e. The number of aliphatic hydroxyl groups is 1. The summed E-state index contributed by atoms with van der Waals surface area (Å²) in [5, 5.41) is 13.3. The van der Waals surface area contributed by atoms with Gasteiger partial charge in [-0.15, -0.1) is 0 Å². The van der Waals surface area contributed by atoms with Crippen molar-refractivity contribution >= 4 is 0 Å². The lowest BCUT2D eigenvalue weighted by Crippen LogP contribution is -2.57. The standard InChI is InChI=1S/C14H30N2O/c1-11(2)15-14(10-17)8-6-7-13(9-14)16(5)12(3)4/h11-13,15,17H,6-10H2,1-5H3. The highest BCUT2D eigenvalue weighted by atomic mass is 16.3. The van der Waals surface area contributed by atoms with Crippen molar-refractivity contribution in [2.75, 3.05) is 13.7 Å². The van der Waals surface area contributed by atoms with Crippen LogP contribution in [0.1, 0.15) is 53.4 Å². The lowest BCUT2D eigenvalue weighted by atomic mass is 9.78. The molecule has 0 aromatic heterocycles. The summed E-state index contributed by atoms with van der Waals surface area (Å²) in [7, 11) is 2.21. The van der Waals surface area contributed by atoms with Crippen LogP contribution in [0.15, 0.2) is 0 Å². The van der Waals surface area contributed by atoms with Crippen LogP contribution in [0.4, 0.5) is 0 Å². The van der Waals surface area contributed by atoms with E-state index in [1.807, 2.05) is 0 Å². The Morgan fingerprint density at radius 2 is 2.00 bits per heavy atom. The highest BCUT2D eigenvalue weighted by Crippen LogP contribution is 2.31. The second-order valence-corrected chi connectivity index (χ2v) is 6.25. The van der Waals surface area contributed by atoms with Crippen molar-refractivity contribution in [3.63, 3.8) is 0 Å². The molecule has 0 spiro atoms. The van der Waals surface area contributed by atoms with E-state index >= 15 is 0 Å². The largest absolute Gasteiger partial charge is 0.394 e. The molecule has 1 fully saturated rings. The zero-order chi connectivity index (χ0) is 13.1. The zero-order valence-corrected chi connectivity index (χ0v) is 12.2. The maximum atomic E-state index is 9.75. The van der Waals surface area contributed by atoms with Crippen LogP contribution in [0.3, 0.4) is 0 Å². The minimum atomic E-state index is -0.0553. The van der Waals surface area contributed by atoms with Gasteiger partial charge >= 0.3 is 0 Å². The highest BCUT2D eigenvalue weighted by Gasteiger charge is 2.37. The molecule has 1 aliphatic carbocycles. The number of hydrogen-bond acceptors (Lipinski definition) is 3. The maximum Gasteiger partial charge on any atom is 0.0613 e. The summed E-state index contributed by atoms with van der Waals surface area (Å²) in [4.78, 5) is 2.45. The van der Waals surface area contributed by atoms with Crippen molar-refractivity contribution in [1.29, 1.82) is 0 Å². The molecule has 0 radical (unpaired) electrons. The van der Waals surface area contributed by atoms with Gasteiger partial charge in [0.25, 0.3) is 0 Å². The average molecular weight is 242 g/mol. The second-order valence-electron chi connectivity index (χ2n) is 6.25. The molecule has 3 nitrogen and oxygen atoms in total. The number of hydrogen-bond donors (Lipinski definition) is 2. The van der Waals surface area contributed by atoms with Gasteiger partial charge in [0.15, 0.2) is 0 Å². The summed E-state index contributed by atoms with van der Waals surface area (Å²) in [6.07, 6.45) is 4.64. The summed E-state index contributed by atoms with van der Waals surface area (Å²) in [5.74, 6) is 0. The Balaban J connectivity index is 2.68. The molecule has 0 bridgehead atoms. The topological polar surface area (TPSA) is 35.5 Å². The molecule has 1 saturated carbocycles. The third kappa shape index (κ3) is 3.94. The SMILES string of the molecule is CC(C)NC1(CO)CCCC(N(C)C(C)C)C1. The number of aliphatic hydroxyl groups excluding tert-OH is 1. The average Bonchev–Trinajstić information content (AvgIpc) is 2.27. The van der Waals surface area contributed by atoms with Gasteiger partial charge in [-0.05, 0) is 46.6 Å². The predicted octanol–water partition coefficient (Wildman–Crippen LogP) is 2.00. The van der Waals surface area contributed by atoms with Gasteiger partial charge in [-0.3, -0.25) is 0 Å². The van der Waals surface area contributed by atoms with E-state index in [2.05, 4.69) is 45.0 Å². The summed E-state index contributed by atoms with van der Waals surface area (Å²) in [5.41, 5.74) is -0.0553. The van der Waals surface area contributed by atoms with Crippen LogP contribution in [-0.4, -0.2) is 47.3 Å². The fourth-order valence-corrected chi connectivity index (χ4v) is 3.03. The van der Waals surface area contributed by atoms with Gasteiger partial charge in [-0.2, -0.15) is 0 Å². The van der Waals surface area contributed by atoms with E-state index in [-0.39, 0.29) is 12.1 Å². The third-order valence-corrected chi connectivity index (χ3v) is 4.11. The zero-order valence-electron chi connectivity index (χ0n) is 12.2. The van der Waals surface area contributed by atoms with E-state index in [4.69, 9.17) is 0 Å². The first kappa shape index (κ1) is 14.9. The molecular formula is C14H30N2O. The Bertz CT molecular complexity index is 230. The van der Waals surface area contributed by atoms with Gasteiger partial charge < -0.3 is 15.3 Å². The first-order valence-electron chi connectivity index (χ1n) is 7.01. The molecule has 0 aromatic carbocycles. The lowest BCUT2D eigenvalue weighted by molar-refractivity contribution is 0.0536. The lowest BCUT2D eigenvalue weighted by Gasteiger charge is -2.45. The minimum Gasteiger partial charge on any atom is -0.394 e. The van der Waals surface area contributed by atoms with Crippen LogP contribution in [0, 0.1) is 0 Å².